The van der Waals surface area contributed by atoms with E-state index in [0.717, 1.165) is 42.6 Å². The molecule has 178 valence electrons. The number of nitrogens with zero attached hydrogens (tertiary/aromatic N) is 2. The van der Waals surface area contributed by atoms with Crippen molar-refractivity contribution in [2.75, 3.05) is 11.9 Å². The second kappa shape index (κ2) is 8.45. The highest BCUT2D eigenvalue weighted by atomic mass is 19.4. The Balaban J connectivity index is 1.28. The molecule has 0 bridgehead atoms. The van der Waals surface area contributed by atoms with E-state index in [1.807, 2.05) is 12.1 Å². The summed E-state index contributed by atoms with van der Waals surface area (Å²) in [6.45, 7) is 0. The number of benzene rings is 2. The normalized spacial score (nSPS) is 20.9. The monoisotopic (exact) mass is 470 g/mol. The zero-order valence-electron chi connectivity index (χ0n) is 18.7. The zero-order chi connectivity index (χ0) is 24.0. The third kappa shape index (κ3) is 4.26. The van der Waals surface area contributed by atoms with E-state index >= 15 is 0 Å². The molecule has 1 aliphatic heterocycles. The predicted octanol–water partition coefficient (Wildman–Crippen LogP) is 4.95. The first-order chi connectivity index (χ1) is 16.2. The van der Waals surface area contributed by atoms with Gasteiger partial charge in [-0.05, 0) is 67.6 Å². The molecule has 1 aliphatic carbocycles. The van der Waals surface area contributed by atoms with Crippen LogP contribution in [0, 0.1) is 0 Å². The van der Waals surface area contributed by atoms with Gasteiger partial charge in [0.2, 0.25) is 5.91 Å². The molecule has 1 saturated carbocycles. The van der Waals surface area contributed by atoms with Gasteiger partial charge < -0.3 is 15.2 Å². The van der Waals surface area contributed by atoms with Crippen LogP contribution in [0.2, 0.25) is 0 Å². The van der Waals surface area contributed by atoms with Gasteiger partial charge in [0, 0.05) is 36.7 Å². The summed E-state index contributed by atoms with van der Waals surface area (Å²) in [5.41, 5.74) is 2.55. The summed E-state index contributed by atoms with van der Waals surface area (Å²) in [4.78, 5) is 34.0. The van der Waals surface area contributed by atoms with Crippen LogP contribution in [0.15, 0.2) is 36.4 Å². The number of fused-ring (bicyclic) bond motifs is 2. The molecule has 0 radical (unpaired) electrons. The Hall–Kier alpha value is -3.36. The highest BCUT2D eigenvalue weighted by Gasteiger charge is 2.32. The molecule has 2 aliphatic rings. The van der Waals surface area contributed by atoms with Crippen LogP contribution in [0.4, 0.5) is 18.9 Å². The Morgan fingerprint density at radius 2 is 1.97 bits per heavy atom. The van der Waals surface area contributed by atoms with Crippen molar-refractivity contribution in [1.29, 1.82) is 0 Å². The lowest BCUT2D eigenvalue weighted by atomic mass is 9.85. The number of hydrogen-bond acceptors (Lipinski definition) is 3. The summed E-state index contributed by atoms with van der Waals surface area (Å²) in [6, 6.07) is 8.88. The molecule has 2 N–H and O–H groups in total. The Kier molecular flexibility index (Phi) is 5.58. The predicted molar refractivity (Wildman–Crippen MR) is 122 cm³/mol. The Bertz CT molecular complexity index is 1270. The lowest BCUT2D eigenvalue weighted by Gasteiger charge is -2.29. The third-order valence-electron chi connectivity index (χ3n) is 6.91. The van der Waals surface area contributed by atoms with Crippen LogP contribution < -0.4 is 10.2 Å². The minimum atomic E-state index is -4.40. The number of carbonyl (C=O) groups is 2. The number of hydrogen-bond donors (Lipinski definition) is 2. The van der Waals surface area contributed by atoms with Crippen molar-refractivity contribution in [1.82, 2.24) is 15.3 Å². The van der Waals surface area contributed by atoms with Gasteiger partial charge in [-0.1, -0.05) is 6.42 Å². The number of aromatic amines is 1. The molecule has 6 nitrogen and oxygen atoms in total. The molecule has 1 aromatic heterocycles. The molecular weight excluding hydrogens is 445 g/mol. The molecule has 9 heteroatoms. The van der Waals surface area contributed by atoms with Crippen LogP contribution in [-0.4, -0.2) is 34.9 Å². The molecule has 34 heavy (non-hydrogen) atoms. The number of anilines is 1. The fourth-order valence-electron chi connectivity index (χ4n) is 5.03. The first-order valence-corrected chi connectivity index (χ1v) is 11.5. The van der Waals surface area contributed by atoms with Crippen LogP contribution >= 0.6 is 0 Å². The molecule has 1 fully saturated rings. The van der Waals surface area contributed by atoms with Gasteiger partial charge in [0.05, 0.1) is 16.6 Å². The third-order valence-corrected chi connectivity index (χ3v) is 6.91. The summed E-state index contributed by atoms with van der Waals surface area (Å²) in [7, 11) is 1.74. The van der Waals surface area contributed by atoms with Gasteiger partial charge in [-0.2, -0.15) is 13.2 Å². The maximum absolute atomic E-state index is 13.0. The number of H-pyrrole nitrogens is 1. The molecule has 2 amide bonds. The number of amides is 2. The molecule has 0 spiro atoms. The van der Waals surface area contributed by atoms with Gasteiger partial charge in [0.15, 0.2) is 0 Å². The van der Waals surface area contributed by atoms with E-state index in [2.05, 4.69) is 15.3 Å². The summed E-state index contributed by atoms with van der Waals surface area (Å²) in [5, 5.41) is 3.11. The molecule has 3 aromatic rings. The van der Waals surface area contributed by atoms with Crippen LogP contribution in [0.25, 0.3) is 11.0 Å². The topological polar surface area (TPSA) is 78.1 Å². The quantitative estimate of drug-likeness (QED) is 0.569. The van der Waals surface area contributed by atoms with Crippen LogP contribution in [-0.2, 0) is 17.4 Å². The standard InChI is InChI=1S/C25H25F3N4O2/c1-32-21-9-5-16(11-14(21)6-10-22(32)33)24(34)29-18-4-2-3-15(12-18)23-30-19-8-7-17(25(26,27)28)13-20(19)31-23/h5,7-9,11,13,15,18H,2-4,6,10,12H2,1H3,(H,29,34)(H,30,31)/t15-,18+/m0/s1. The summed E-state index contributed by atoms with van der Waals surface area (Å²) < 4.78 is 39.1. The van der Waals surface area contributed by atoms with E-state index in [4.69, 9.17) is 0 Å². The van der Waals surface area contributed by atoms with Gasteiger partial charge in [-0.3, -0.25) is 9.59 Å². The molecule has 0 saturated heterocycles. The number of aromatic nitrogens is 2. The van der Waals surface area contributed by atoms with Gasteiger partial charge in [0.1, 0.15) is 5.82 Å². The number of alkyl halides is 3. The average molecular weight is 470 g/mol. The van der Waals surface area contributed by atoms with E-state index in [0.29, 0.717) is 41.7 Å². The Labute approximate surface area is 194 Å². The summed E-state index contributed by atoms with van der Waals surface area (Å²) in [6.07, 6.45) is -0.104. The highest BCUT2D eigenvalue weighted by molar-refractivity contribution is 5.99. The fraction of sp³-hybridized carbons (Fsp3) is 0.400. The van der Waals surface area contributed by atoms with E-state index in [-0.39, 0.29) is 23.8 Å². The number of rotatable bonds is 3. The van der Waals surface area contributed by atoms with Gasteiger partial charge >= 0.3 is 6.18 Å². The van der Waals surface area contributed by atoms with E-state index in [1.165, 1.54) is 6.07 Å². The largest absolute Gasteiger partial charge is 0.416 e. The average Bonchev–Trinajstić information content (AvgIpc) is 3.24. The van der Waals surface area contributed by atoms with Crippen molar-refractivity contribution in [2.24, 2.45) is 0 Å². The summed E-state index contributed by atoms with van der Waals surface area (Å²) in [5.74, 6) is 0.601. The second-order valence-corrected chi connectivity index (χ2v) is 9.18. The van der Waals surface area contributed by atoms with E-state index < -0.39 is 11.7 Å². The maximum atomic E-state index is 13.0. The first-order valence-electron chi connectivity index (χ1n) is 11.5. The lowest BCUT2D eigenvalue weighted by Crippen LogP contribution is -2.38. The van der Waals surface area contributed by atoms with Crippen LogP contribution in [0.5, 0.6) is 0 Å². The minimum absolute atomic E-state index is 0.0315. The van der Waals surface area contributed by atoms with Crippen molar-refractivity contribution in [3.63, 3.8) is 0 Å². The maximum Gasteiger partial charge on any atom is 0.416 e. The second-order valence-electron chi connectivity index (χ2n) is 9.18. The van der Waals surface area contributed by atoms with Crippen LogP contribution in [0.3, 0.4) is 0 Å². The number of halogens is 3. The van der Waals surface area contributed by atoms with E-state index in [9.17, 15) is 22.8 Å². The van der Waals surface area contributed by atoms with Crippen molar-refractivity contribution >= 4 is 28.5 Å². The molecule has 5 rings (SSSR count). The van der Waals surface area contributed by atoms with Crippen molar-refractivity contribution in [3.05, 3.63) is 58.9 Å². The molecule has 2 aromatic carbocycles. The first kappa shape index (κ1) is 22.4. The fourth-order valence-corrected chi connectivity index (χ4v) is 5.03. The smallest absolute Gasteiger partial charge is 0.349 e. The van der Waals surface area contributed by atoms with Gasteiger partial charge in [-0.25, -0.2) is 4.98 Å². The van der Waals surface area contributed by atoms with Crippen molar-refractivity contribution in [3.8, 4) is 0 Å². The minimum Gasteiger partial charge on any atom is -0.349 e. The van der Waals surface area contributed by atoms with E-state index in [1.54, 1.807) is 18.0 Å². The zero-order valence-corrected chi connectivity index (χ0v) is 18.7. The lowest BCUT2D eigenvalue weighted by molar-refractivity contribution is -0.137. The number of imidazole rings is 1. The Morgan fingerprint density at radius 1 is 1.15 bits per heavy atom. The van der Waals surface area contributed by atoms with Crippen LogP contribution in [0.1, 0.15) is 65.3 Å². The molecule has 0 unspecified atom stereocenters. The number of nitrogens with one attached hydrogen (secondary N) is 2. The SMILES string of the molecule is CN1C(=O)CCc2cc(C(=O)N[C@@H]3CCC[C@H](c4nc5ccc(C(F)(F)F)cc5[nH]4)C3)ccc21. The van der Waals surface area contributed by atoms with Crippen molar-refractivity contribution in [2.45, 2.75) is 56.7 Å². The molecule has 2 heterocycles. The van der Waals surface area contributed by atoms with Gasteiger partial charge in [0.25, 0.3) is 5.91 Å². The molecule has 2 atom stereocenters. The van der Waals surface area contributed by atoms with Gasteiger partial charge in [-0.15, -0.1) is 0 Å². The Morgan fingerprint density at radius 3 is 2.76 bits per heavy atom. The van der Waals surface area contributed by atoms with Crippen molar-refractivity contribution < 1.29 is 22.8 Å². The molecular formula is C25H25F3N4O2. The highest BCUT2D eigenvalue weighted by Crippen LogP contribution is 2.35. The number of aryl methyl sites for hydroxylation is 1. The summed E-state index contributed by atoms with van der Waals surface area (Å²) >= 11 is 0. The number of carbonyl (C=O) groups excluding carboxylic acids is 2.